The molecular formula is C23H21N7O2. The molecule has 0 bridgehead atoms. The van der Waals surface area contributed by atoms with Crippen LogP contribution >= 0.6 is 0 Å². The third-order valence-electron chi connectivity index (χ3n) is 5.28. The van der Waals surface area contributed by atoms with Crippen molar-refractivity contribution in [2.45, 2.75) is 13.0 Å². The van der Waals surface area contributed by atoms with Crippen LogP contribution in [0.5, 0.6) is 0 Å². The maximum atomic E-state index is 12.7. The maximum absolute atomic E-state index is 12.7. The fraction of sp³-hybridized carbons (Fsp3) is 0.130. The zero-order chi connectivity index (χ0) is 22.1. The van der Waals surface area contributed by atoms with Gasteiger partial charge in [-0.05, 0) is 42.8 Å². The number of aromatic amines is 2. The van der Waals surface area contributed by atoms with Gasteiger partial charge in [0.1, 0.15) is 17.5 Å². The summed E-state index contributed by atoms with van der Waals surface area (Å²) in [4.78, 5) is 31.7. The number of aliphatic hydroxyl groups excluding tert-OH is 1. The summed E-state index contributed by atoms with van der Waals surface area (Å²) in [5, 5.41) is 13.6. The number of hydrogen-bond donors (Lipinski definition) is 4. The van der Waals surface area contributed by atoms with E-state index in [1.807, 2.05) is 35.9 Å². The molecule has 0 spiro atoms. The van der Waals surface area contributed by atoms with E-state index >= 15 is 0 Å². The molecule has 4 heterocycles. The normalized spacial score (nSPS) is 12.2. The molecule has 0 amide bonds. The number of rotatable bonds is 6. The van der Waals surface area contributed by atoms with Crippen LogP contribution in [0.25, 0.3) is 28.1 Å². The summed E-state index contributed by atoms with van der Waals surface area (Å²) in [6.07, 6.45) is 7.69. The Morgan fingerprint density at radius 1 is 1.22 bits per heavy atom. The van der Waals surface area contributed by atoms with Crippen LogP contribution in [0.15, 0.2) is 72.3 Å². The summed E-state index contributed by atoms with van der Waals surface area (Å²) >= 11 is 0. The first-order valence-corrected chi connectivity index (χ1v) is 10.1. The Balaban J connectivity index is 1.51. The van der Waals surface area contributed by atoms with Gasteiger partial charge in [-0.15, -0.1) is 0 Å². The van der Waals surface area contributed by atoms with E-state index in [9.17, 15) is 9.90 Å². The first-order valence-electron chi connectivity index (χ1n) is 10.1. The summed E-state index contributed by atoms with van der Waals surface area (Å²) in [7, 11) is 0. The Kier molecular flexibility index (Phi) is 5.00. The number of imidazole rings is 2. The first-order chi connectivity index (χ1) is 15.6. The van der Waals surface area contributed by atoms with Gasteiger partial charge in [0.2, 0.25) is 0 Å². The van der Waals surface area contributed by atoms with Gasteiger partial charge in [0.25, 0.3) is 5.56 Å². The standard InChI is InChI=1S/C23H21N7O2/c1-14-10-15(30-9-8-24-13-30)11-18-21(14)29-22(28-18)20-17(5-7-26-23(20)32)27-12-19(31)16-4-2-3-6-25-16/h2-11,13,19,31H,12H2,1H3,(H,28,29)(H2,26,27,32)/t19-/m0/s1. The van der Waals surface area contributed by atoms with Gasteiger partial charge >= 0.3 is 0 Å². The van der Waals surface area contributed by atoms with E-state index in [0.29, 0.717) is 22.8 Å². The Morgan fingerprint density at radius 2 is 2.12 bits per heavy atom. The molecule has 4 N–H and O–H groups in total. The molecular weight excluding hydrogens is 406 g/mol. The molecule has 1 atom stereocenters. The van der Waals surface area contributed by atoms with Crippen molar-refractivity contribution in [1.29, 1.82) is 0 Å². The average Bonchev–Trinajstić information content (AvgIpc) is 3.48. The fourth-order valence-corrected chi connectivity index (χ4v) is 3.70. The van der Waals surface area contributed by atoms with Gasteiger partial charge in [-0.1, -0.05) is 6.07 Å². The number of nitrogens with one attached hydrogen (secondary N) is 3. The number of nitrogens with zero attached hydrogens (tertiary/aromatic N) is 4. The zero-order valence-corrected chi connectivity index (χ0v) is 17.3. The Morgan fingerprint density at radius 3 is 2.91 bits per heavy atom. The molecule has 0 unspecified atom stereocenters. The third kappa shape index (κ3) is 3.65. The van der Waals surface area contributed by atoms with Gasteiger partial charge in [0, 0.05) is 37.0 Å². The second-order valence-corrected chi connectivity index (χ2v) is 7.46. The van der Waals surface area contributed by atoms with E-state index in [1.165, 1.54) is 0 Å². The number of fused-ring (bicyclic) bond motifs is 1. The number of aliphatic hydroxyl groups is 1. The Hall–Kier alpha value is -4.24. The molecule has 32 heavy (non-hydrogen) atoms. The first kappa shape index (κ1) is 19.7. The maximum Gasteiger partial charge on any atom is 0.261 e. The van der Waals surface area contributed by atoms with Crippen LogP contribution in [0.4, 0.5) is 5.69 Å². The van der Waals surface area contributed by atoms with E-state index in [-0.39, 0.29) is 12.1 Å². The molecule has 0 saturated carbocycles. The monoisotopic (exact) mass is 427 g/mol. The van der Waals surface area contributed by atoms with Gasteiger partial charge in [-0.25, -0.2) is 9.97 Å². The van der Waals surface area contributed by atoms with Gasteiger partial charge in [0.05, 0.1) is 28.7 Å². The van der Waals surface area contributed by atoms with E-state index in [1.54, 1.807) is 43.1 Å². The molecule has 5 rings (SSSR count). The van der Waals surface area contributed by atoms with Gasteiger partial charge in [0.15, 0.2) is 0 Å². The topological polar surface area (TPSA) is 125 Å². The Labute approximate surface area is 182 Å². The van der Waals surface area contributed by atoms with Crippen molar-refractivity contribution in [2.24, 2.45) is 0 Å². The lowest BCUT2D eigenvalue weighted by atomic mass is 10.2. The smallest absolute Gasteiger partial charge is 0.261 e. The fourth-order valence-electron chi connectivity index (χ4n) is 3.70. The lowest BCUT2D eigenvalue weighted by Gasteiger charge is -2.14. The van der Waals surface area contributed by atoms with E-state index in [4.69, 9.17) is 4.98 Å². The highest BCUT2D eigenvalue weighted by molar-refractivity contribution is 5.86. The van der Waals surface area contributed by atoms with Crippen molar-refractivity contribution in [3.8, 4) is 17.1 Å². The number of benzene rings is 1. The molecule has 9 heteroatoms. The molecule has 9 nitrogen and oxygen atoms in total. The molecule has 0 saturated heterocycles. The summed E-state index contributed by atoms with van der Waals surface area (Å²) in [6, 6.07) is 11.1. The second kappa shape index (κ2) is 8.12. The van der Waals surface area contributed by atoms with E-state index in [2.05, 4.69) is 25.3 Å². The summed E-state index contributed by atoms with van der Waals surface area (Å²) < 4.78 is 1.91. The quantitative estimate of drug-likeness (QED) is 0.330. The SMILES string of the molecule is Cc1cc(-n2ccnc2)cc2[nH]c(-c3c(NC[C@H](O)c4ccccn4)cc[nH]c3=O)nc12. The van der Waals surface area contributed by atoms with Gasteiger partial charge < -0.3 is 25.0 Å². The molecule has 0 aliphatic rings. The van der Waals surface area contributed by atoms with Crippen LogP contribution in [0.2, 0.25) is 0 Å². The lowest BCUT2D eigenvalue weighted by Crippen LogP contribution is -2.17. The minimum atomic E-state index is -0.820. The van der Waals surface area contributed by atoms with Gasteiger partial charge in [-0.2, -0.15) is 0 Å². The second-order valence-electron chi connectivity index (χ2n) is 7.46. The molecule has 1 aromatic carbocycles. The van der Waals surface area contributed by atoms with Gasteiger partial charge in [-0.3, -0.25) is 9.78 Å². The predicted molar refractivity (Wildman–Crippen MR) is 122 cm³/mol. The minimum Gasteiger partial charge on any atom is -0.385 e. The third-order valence-corrected chi connectivity index (χ3v) is 5.28. The molecule has 0 aliphatic carbocycles. The number of aromatic nitrogens is 6. The molecule has 160 valence electrons. The van der Waals surface area contributed by atoms with Crippen molar-refractivity contribution in [3.63, 3.8) is 0 Å². The number of H-pyrrole nitrogens is 2. The van der Waals surface area contributed by atoms with E-state index < -0.39 is 6.10 Å². The van der Waals surface area contributed by atoms with Crippen molar-refractivity contribution >= 4 is 16.7 Å². The minimum absolute atomic E-state index is 0.192. The van der Waals surface area contributed by atoms with Crippen molar-refractivity contribution in [2.75, 3.05) is 11.9 Å². The van der Waals surface area contributed by atoms with Crippen LogP contribution in [-0.2, 0) is 0 Å². The van der Waals surface area contributed by atoms with Crippen molar-refractivity contribution < 1.29 is 5.11 Å². The van der Waals surface area contributed by atoms with Crippen LogP contribution in [0, 0.1) is 6.92 Å². The number of aryl methyl sites for hydroxylation is 1. The molecule has 5 aromatic rings. The highest BCUT2D eigenvalue weighted by Crippen LogP contribution is 2.27. The van der Waals surface area contributed by atoms with Crippen LogP contribution in [0.1, 0.15) is 17.4 Å². The number of anilines is 1. The summed E-state index contributed by atoms with van der Waals surface area (Å²) in [5.41, 5.74) is 4.73. The van der Waals surface area contributed by atoms with Crippen LogP contribution in [0.3, 0.4) is 0 Å². The summed E-state index contributed by atoms with van der Waals surface area (Å²) in [5.74, 6) is 0.447. The average molecular weight is 427 g/mol. The molecule has 4 aromatic heterocycles. The zero-order valence-electron chi connectivity index (χ0n) is 17.3. The van der Waals surface area contributed by atoms with Crippen molar-refractivity contribution in [1.82, 2.24) is 29.5 Å². The molecule has 0 radical (unpaired) electrons. The van der Waals surface area contributed by atoms with E-state index in [0.717, 1.165) is 22.3 Å². The lowest BCUT2D eigenvalue weighted by molar-refractivity contribution is 0.187. The predicted octanol–water partition coefficient (Wildman–Crippen LogP) is 2.95. The van der Waals surface area contributed by atoms with Crippen molar-refractivity contribution in [3.05, 3.63) is 89.1 Å². The molecule has 0 fully saturated rings. The van der Waals surface area contributed by atoms with Crippen LogP contribution in [-0.4, -0.2) is 41.1 Å². The number of pyridine rings is 2. The number of hydrogen-bond acceptors (Lipinski definition) is 6. The molecule has 0 aliphatic heterocycles. The highest BCUT2D eigenvalue weighted by atomic mass is 16.3. The Bertz CT molecular complexity index is 1420. The van der Waals surface area contributed by atoms with Crippen LogP contribution < -0.4 is 10.9 Å². The highest BCUT2D eigenvalue weighted by Gasteiger charge is 2.17. The largest absolute Gasteiger partial charge is 0.385 e. The summed E-state index contributed by atoms with van der Waals surface area (Å²) in [6.45, 7) is 2.17.